The number of ether oxygens (including phenoxy) is 1. The van der Waals surface area contributed by atoms with Gasteiger partial charge in [-0.05, 0) is 55.3 Å². The Hall–Kier alpha value is -3.16. The second-order valence-electron chi connectivity index (χ2n) is 7.52. The predicted molar refractivity (Wildman–Crippen MR) is 120 cm³/mol. The molecule has 4 rings (SSSR count). The number of sulfonamides is 1. The van der Waals surface area contributed by atoms with Gasteiger partial charge in [0.2, 0.25) is 10.0 Å². The number of benzene rings is 3. The van der Waals surface area contributed by atoms with Crippen LogP contribution in [-0.4, -0.2) is 27.5 Å². The highest BCUT2D eigenvalue weighted by molar-refractivity contribution is 7.89. The quantitative estimate of drug-likeness (QED) is 0.638. The summed E-state index contributed by atoms with van der Waals surface area (Å²) < 4.78 is 33.7. The van der Waals surface area contributed by atoms with Crippen molar-refractivity contribution in [3.8, 4) is 5.75 Å². The molecule has 1 aliphatic rings. The molecule has 31 heavy (non-hydrogen) atoms. The van der Waals surface area contributed by atoms with Gasteiger partial charge in [0, 0.05) is 29.4 Å². The van der Waals surface area contributed by atoms with E-state index in [0.29, 0.717) is 17.7 Å². The van der Waals surface area contributed by atoms with Crippen molar-refractivity contribution in [1.29, 1.82) is 0 Å². The van der Waals surface area contributed by atoms with Gasteiger partial charge in [-0.3, -0.25) is 4.79 Å². The molecule has 160 valence electrons. The lowest BCUT2D eigenvalue weighted by molar-refractivity contribution is 0.0981. The number of carbonyl (C=O) groups is 1. The van der Waals surface area contributed by atoms with E-state index in [-0.39, 0.29) is 23.4 Å². The van der Waals surface area contributed by atoms with Crippen LogP contribution in [0.2, 0.25) is 0 Å². The molecule has 1 heterocycles. The summed E-state index contributed by atoms with van der Waals surface area (Å²) in [5, 5.41) is 0. The van der Waals surface area contributed by atoms with Gasteiger partial charge in [0.15, 0.2) is 0 Å². The zero-order valence-corrected chi connectivity index (χ0v) is 18.2. The fourth-order valence-electron chi connectivity index (χ4n) is 3.91. The number of hydrogen-bond acceptors (Lipinski definition) is 4. The van der Waals surface area contributed by atoms with Crippen LogP contribution in [0.25, 0.3) is 0 Å². The molecule has 0 aliphatic carbocycles. The average Bonchev–Trinajstić information content (AvgIpc) is 3.12. The molecule has 0 saturated heterocycles. The molecule has 0 spiro atoms. The van der Waals surface area contributed by atoms with Crippen LogP contribution in [0.1, 0.15) is 28.4 Å². The first-order valence-electron chi connectivity index (χ1n) is 10.0. The number of amides is 1. The third-order valence-electron chi connectivity index (χ3n) is 5.46. The normalized spacial score (nSPS) is 15.5. The van der Waals surface area contributed by atoms with Crippen LogP contribution in [0.15, 0.2) is 77.7 Å². The number of fused-ring (bicyclic) bond motifs is 1. The van der Waals surface area contributed by atoms with E-state index in [0.717, 1.165) is 16.8 Å². The van der Waals surface area contributed by atoms with Gasteiger partial charge in [0.05, 0.1) is 12.0 Å². The highest BCUT2D eigenvalue weighted by atomic mass is 32.2. The Morgan fingerprint density at radius 3 is 2.52 bits per heavy atom. The summed E-state index contributed by atoms with van der Waals surface area (Å²) in [7, 11) is -2.17. The summed E-state index contributed by atoms with van der Waals surface area (Å²) in [4.78, 5) is 14.9. The lowest BCUT2D eigenvalue weighted by Gasteiger charge is -2.23. The van der Waals surface area contributed by atoms with E-state index >= 15 is 0 Å². The second-order valence-corrected chi connectivity index (χ2v) is 9.29. The van der Waals surface area contributed by atoms with E-state index < -0.39 is 10.0 Å². The maximum Gasteiger partial charge on any atom is 0.258 e. The largest absolute Gasteiger partial charge is 0.496 e. The number of para-hydroxylation sites is 1. The smallest absolute Gasteiger partial charge is 0.258 e. The predicted octanol–water partition coefficient (Wildman–Crippen LogP) is 3.77. The Bertz CT molecular complexity index is 1210. The SMILES string of the molecule is COc1ccccc1CNS(=O)(=O)c1ccc2c(c1)C[C@@H](C)N2C(=O)c1ccccc1. The van der Waals surface area contributed by atoms with Crippen LogP contribution in [0, 0.1) is 0 Å². The third kappa shape index (κ3) is 4.19. The van der Waals surface area contributed by atoms with Gasteiger partial charge in [-0.2, -0.15) is 0 Å². The second kappa shape index (κ2) is 8.53. The molecule has 0 unspecified atom stereocenters. The Morgan fingerprint density at radius 1 is 1.06 bits per heavy atom. The van der Waals surface area contributed by atoms with Crippen LogP contribution in [0.4, 0.5) is 5.69 Å². The average molecular weight is 437 g/mol. The first kappa shape index (κ1) is 21.1. The highest BCUT2D eigenvalue weighted by Gasteiger charge is 2.32. The molecule has 1 atom stereocenters. The number of nitrogens with zero attached hydrogens (tertiary/aromatic N) is 1. The molecule has 1 N–H and O–H groups in total. The lowest BCUT2D eigenvalue weighted by Crippen LogP contribution is -2.35. The van der Waals surface area contributed by atoms with E-state index in [1.165, 1.54) is 0 Å². The van der Waals surface area contributed by atoms with Gasteiger partial charge in [0.1, 0.15) is 5.75 Å². The summed E-state index contributed by atoms with van der Waals surface area (Å²) in [6, 6.07) is 21.3. The summed E-state index contributed by atoms with van der Waals surface area (Å²) in [5.41, 5.74) is 2.96. The molecule has 0 fully saturated rings. The molecule has 3 aromatic carbocycles. The molecule has 7 heteroatoms. The van der Waals surface area contributed by atoms with E-state index in [1.54, 1.807) is 48.4 Å². The Labute approximate surface area is 182 Å². The maximum absolute atomic E-state index is 13.0. The number of carbonyl (C=O) groups excluding carboxylic acids is 1. The van der Waals surface area contributed by atoms with Crippen molar-refractivity contribution < 1.29 is 17.9 Å². The fraction of sp³-hybridized carbons (Fsp3) is 0.208. The van der Waals surface area contributed by atoms with Gasteiger partial charge >= 0.3 is 0 Å². The van der Waals surface area contributed by atoms with Crippen molar-refractivity contribution in [3.63, 3.8) is 0 Å². The molecule has 0 aromatic heterocycles. The van der Waals surface area contributed by atoms with Crippen LogP contribution in [0.5, 0.6) is 5.75 Å². The van der Waals surface area contributed by atoms with E-state index in [4.69, 9.17) is 4.74 Å². The molecule has 0 bridgehead atoms. The van der Waals surface area contributed by atoms with E-state index in [9.17, 15) is 13.2 Å². The zero-order valence-electron chi connectivity index (χ0n) is 17.4. The molecule has 1 aliphatic heterocycles. The molecule has 6 nitrogen and oxygen atoms in total. The van der Waals surface area contributed by atoms with Crippen molar-refractivity contribution >= 4 is 21.6 Å². The third-order valence-corrected chi connectivity index (χ3v) is 6.86. The zero-order chi connectivity index (χ0) is 22.0. The first-order valence-corrected chi connectivity index (χ1v) is 11.5. The molecular weight excluding hydrogens is 412 g/mol. The van der Waals surface area contributed by atoms with Crippen molar-refractivity contribution in [2.75, 3.05) is 12.0 Å². The topological polar surface area (TPSA) is 75.7 Å². The standard InChI is InChI=1S/C24H24N2O4S/c1-17-14-20-15-21(31(28,29)25-16-19-10-6-7-11-23(19)30-2)12-13-22(20)26(17)24(27)18-8-4-3-5-9-18/h3-13,15,17,25H,14,16H2,1-2H3/t17-/m1/s1. The minimum atomic E-state index is -3.72. The van der Waals surface area contributed by atoms with Crippen molar-refractivity contribution in [2.24, 2.45) is 0 Å². The number of nitrogens with one attached hydrogen (secondary N) is 1. The maximum atomic E-state index is 13.0. The van der Waals surface area contributed by atoms with Gasteiger partial charge in [0.25, 0.3) is 5.91 Å². The fourth-order valence-corrected chi connectivity index (χ4v) is 4.97. The van der Waals surface area contributed by atoms with Gasteiger partial charge in [-0.15, -0.1) is 0 Å². The Morgan fingerprint density at radius 2 is 1.77 bits per heavy atom. The summed E-state index contributed by atoms with van der Waals surface area (Å²) in [5.74, 6) is 0.541. The van der Waals surface area contributed by atoms with Crippen molar-refractivity contribution in [3.05, 3.63) is 89.5 Å². The molecule has 1 amide bonds. The number of rotatable bonds is 6. The van der Waals surface area contributed by atoms with E-state index in [1.807, 2.05) is 43.3 Å². The summed E-state index contributed by atoms with van der Waals surface area (Å²) in [6.07, 6.45) is 0.601. The summed E-state index contributed by atoms with van der Waals surface area (Å²) >= 11 is 0. The minimum absolute atomic E-state index is 0.0535. The van der Waals surface area contributed by atoms with Gasteiger partial charge in [-0.1, -0.05) is 36.4 Å². The van der Waals surface area contributed by atoms with Crippen LogP contribution in [-0.2, 0) is 23.0 Å². The first-order chi connectivity index (χ1) is 14.9. The molecule has 0 saturated carbocycles. The molecular formula is C24H24N2O4S. The Kier molecular flexibility index (Phi) is 5.80. The minimum Gasteiger partial charge on any atom is -0.496 e. The van der Waals surface area contributed by atoms with Crippen molar-refractivity contribution in [2.45, 2.75) is 30.8 Å². The molecule has 0 radical (unpaired) electrons. The summed E-state index contributed by atoms with van der Waals surface area (Å²) in [6.45, 7) is 2.09. The monoisotopic (exact) mass is 436 g/mol. The van der Waals surface area contributed by atoms with Crippen LogP contribution < -0.4 is 14.4 Å². The van der Waals surface area contributed by atoms with Crippen LogP contribution >= 0.6 is 0 Å². The lowest BCUT2D eigenvalue weighted by atomic mass is 10.1. The van der Waals surface area contributed by atoms with E-state index in [2.05, 4.69) is 4.72 Å². The number of methoxy groups -OCH3 is 1. The molecule has 3 aromatic rings. The van der Waals surface area contributed by atoms with Gasteiger partial charge in [-0.25, -0.2) is 13.1 Å². The number of anilines is 1. The Balaban J connectivity index is 1.57. The van der Waals surface area contributed by atoms with Gasteiger partial charge < -0.3 is 9.64 Å². The van der Waals surface area contributed by atoms with Crippen molar-refractivity contribution in [1.82, 2.24) is 4.72 Å². The number of hydrogen-bond donors (Lipinski definition) is 1. The highest BCUT2D eigenvalue weighted by Crippen LogP contribution is 2.35. The van der Waals surface area contributed by atoms with Crippen LogP contribution in [0.3, 0.4) is 0 Å².